The highest BCUT2D eigenvalue weighted by molar-refractivity contribution is 5.09. The molecular weight excluding hydrogens is 266 g/mol. The molecule has 0 saturated carbocycles. The Morgan fingerprint density at radius 1 is 1.29 bits per heavy atom. The molecule has 1 N–H and O–H groups in total. The molecule has 0 aromatic rings. The van der Waals surface area contributed by atoms with E-state index < -0.39 is 0 Å². The van der Waals surface area contributed by atoms with Crippen molar-refractivity contribution in [3.8, 4) is 0 Å². The van der Waals surface area contributed by atoms with Crippen LogP contribution in [0, 0.1) is 11.8 Å². The van der Waals surface area contributed by atoms with Gasteiger partial charge in [0.25, 0.3) is 0 Å². The van der Waals surface area contributed by atoms with Gasteiger partial charge in [0.2, 0.25) is 0 Å². The number of rotatable bonds is 4. The lowest BCUT2D eigenvalue weighted by Gasteiger charge is -2.32. The van der Waals surface area contributed by atoms with Gasteiger partial charge in [-0.2, -0.15) is 0 Å². The summed E-state index contributed by atoms with van der Waals surface area (Å²) in [5.41, 5.74) is 1.55. The predicted octanol–water partition coefficient (Wildman–Crippen LogP) is 2.49. The van der Waals surface area contributed by atoms with Gasteiger partial charge in [-0.3, -0.25) is 0 Å². The molecule has 0 amide bonds. The summed E-state index contributed by atoms with van der Waals surface area (Å²) in [5.74, 6) is 1.11. The summed E-state index contributed by atoms with van der Waals surface area (Å²) in [7, 11) is 0. The Bertz CT molecular complexity index is 376. The van der Waals surface area contributed by atoms with Crippen molar-refractivity contribution in [3.63, 3.8) is 0 Å². The summed E-state index contributed by atoms with van der Waals surface area (Å²) >= 11 is 0. The van der Waals surface area contributed by atoms with Crippen molar-refractivity contribution in [2.24, 2.45) is 11.8 Å². The zero-order valence-corrected chi connectivity index (χ0v) is 13.4. The third-order valence-corrected chi connectivity index (χ3v) is 5.26. The van der Waals surface area contributed by atoms with Crippen LogP contribution in [-0.2, 0) is 14.2 Å². The molecule has 0 aromatic heterocycles. The average molecular weight is 295 g/mol. The van der Waals surface area contributed by atoms with E-state index >= 15 is 0 Å². The first-order valence-corrected chi connectivity index (χ1v) is 8.45. The largest absolute Gasteiger partial charge is 0.381 e. The quantitative estimate of drug-likeness (QED) is 0.809. The summed E-state index contributed by atoms with van der Waals surface area (Å²) in [4.78, 5) is 0. The summed E-state index contributed by atoms with van der Waals surface area (Å²) in [5, 5.41) is 3.60. The molecule has 4 heteroatoms. The summed E-state index contributed by atoms with van der Waals surface area (Å²) in [6.07, 6.45) is 6.88. The molecule has 0 radical (unpaired) electrons. The Kier molecular flexibility index (Phi) is 4.99. The van der Waals surface area contributed by atoms with Gasteiger partial charge in [0.15, 0.2) is 5.79 Å². The number of hydrogen-bond acceptors (Lipinski definition) is 4. The van der Waals surface area contributed by atoms with E-state index in [1.165, 1.54) is 12.8 Å². The van der Waals surface area contributed by atoms with Crippen molar-refractivity contribution >= 4 is 0 Å². The van der Waals surface area contributed by atoms with Crippen molar-refractivity contribution in [2.75, 3.05) is 32.9 Å². The van der Waals surface area contributed by atoms with Crippen LogP contribution < -0.4 is 5.32 Å². The smallest absolute Gasteiger partial charge is 0.173 e. The molecule has 3 atom stereocenters. The molecule has 0 bridgehead atoms. The standard InChI is InChI=1S/C17H29NO3/c1-13-4-3-5-14(2)16(13)11-18-10-15-12-20-17(21-15)6-8-19-9-7-17/h4,14-16,18H,3,5-12H2,1-2H3/t14-,15-,16-/m0/s1. The minimum Gasteiger partial charge on any atom is -0.381 e. The molecule has 2 saturated heterocycles. The fourth-order valence-corrected chi connectivity index (χ4v) is 3.80. The first-order valence-electron chi connectivity index (χ1n) is 8.45. The van der Waals surface area contributed by atoms with Crippen LogP contribution >= 0.6 is 0 Å². The van der Waals surface area contributed by atoms with Crippen molar-refractivity contribution < 1.29 is 14.2 Å². The molecular formula is C17H29NO3. The number of hydrogen-bond donors (Lipinski definition) is 1. The maximum absolute atomic E-state index is 6.15. The fourth-order valence-electron chi connectivity index (χ4n) is 3.80. The number of ether oxygens (including phenoxy) is 3. The van der Waals surface area contributed by atoms with E-state index in [4.69, 9.17) is 14.2 Å². The molecule has 0 unspecified atom stereocenters. The Morgan fingerprint density at radius 3 is 2.86 bits per heavy atom. The average Bonchev–Trinajstić information content (AvgIpc) is 2.86. The monoisotopic (exact) mass is 295 g/mol. The van der Waals surface area contributed by atoms with Crippen molar-refractivity contribution in [3.05, 3.63) is 11.6 Å². The van der Waals surface area contributed by atoms with Gasteiger partial charge in [-0.05, 0) is 31.6 Å². The molecule has 1 aliphatic carbocycles. The Hall–Kier alpha value is -0.420. The van der Waals surface area contributed by atoms with E-state index in [2.05, 4.69) is 25.2 Å². The van der Waals surface area contributed by atoms with Crippen LogP contribution in [0.15, 0.2) is 11.6 Å². The molecule has 2 aliphatic heterocycles. The third-order valence-electron chi connectivity index (χ3n) is 5.26. The third kappa shape index (κ3) is 3.67. The normalized spacial score (nSPS) is 35.9. The van der Waals surface area contributed by atoms with Gasteiger partial charge >= 0.3 is 0 Å². The lowest BCUT2D eigenvalue weighted by atomic mass is 9.80. The second-order valence-corrected chi connectivity index (χ2v) is 6.84. The van der Waals surface area contributed by atoms with Crippen LogP contribution in [0.2, 0.25) is 0 Å². The minimum atomic E-state index is -0.349. The van der Waals surface area contributed by atoms with Gasteiger partial charge in [-0.25, -0.2) is 0 Å². The van der Waals surface area contributed by atoms with E-state index in [1.54, 1.807) is 5.57 Å². The minimum absolute atomic E-state index is 0.186. The van der Waals surface area contributed by atoms with Crippen LogP contribution in [0.4, 0.5) is 0 Å². The molecule has 1 spiro atoms. The Labute approximate surface area is 128 Å². The lowest BCUT2D eigenvalue weighted by Crippen LogP contribution is -2.40. The molecule has 120 valence electrons. The number of nitrogens with one attached hydrogen (secondary N) is 1. The van der Waals surface area contributed by atoms with Gasteiger partial charge < -0.3 is 19.5 Å². The molecule has 0 aromatic carbocycles. The summed E-state index contributed by atoms with van der Waals surface area (Å²) in [6.45, 7) is 8.80. The summed E-state index contributed by atoms with van der Waals surface area (Å²) < 4.78 is 17.5. The van der Waals surface area contributed by atoms with Gasteiger partial charge in [0.05, 0.1) is 25.9 Å². The fraction of sp³-hybridized carbons (Fsp3) is 0.882. The van der Waals surface area contributed by atoms with Gasteiger partial charge in [-0.15, -0.1) is 0 Å². The van der Waals surface area contributed by atoms with E-state index in [0.29, 0.717) is 12.5 Å². The Balaban J connectivity index is 1.42. The van der Waals surface area contributed by atoms with E-state index in [-0.39, 0.29) is 11.9 Å². The predicted molar refractivity (Wildman–Crippen MR) is 82.1 cm³/mol. The van der Waals surface area contributed by atoms with Crippen LogP contribution in [0.1, 0.15) is 39.5 Å². The van der Waals surface area contributed by atoms with Gasteiger partial charge in [0, 0.05) is 25.9 Å². The van der Waals surface area contributed by atoms with Crippen LogP contribution in [0.25, 0.3) is 0 Å². The van der Waals surface area contributed by atoms with Crippen molar-refractivity contribution in [1.82, 2.24) is 5.32 Å². The van der Waals surface area contributed by atoms with E-state index in [9.17, 15) is 0 Å². The highest BCUT2D eigenvalue weighted by Gasteiger charge is 2.42. The van der Waals surface area contributed by atoms with Crippen molar-refractivity contribution in [2.45, 2.75) is 51.4 Å². The SMILES string of the molecule is CC1=CCC[C@H](C)[C@H]1CNC[C@H]1COC2(CCOCC2)O1. The van der Waals surface area contributed by atoms with Crippen LogP contribution in [0.5, 0.6) is 0 Å². The second-order valence-electron chi connectivity index (χ2n) is 6.84. The maximum Gasteiger partial charge on any atom is 0.173 e. The summed E-state index contributed by atoms with van der Waals surface area (Å²) in [6, 6.07) is 0. The highest BCUT2D eigenvalue weighted by atomic mass is 16.7. The van der Waals surface area contributed by atoms with Gasteiger partial charge in [-0.1, -0.05) is 18.6 Å². The van der Waals surface area contributed by atoms with Crippen molar-refractivity contribution in [1.29, 1.82) is 0 Å². The molecule has 2 fully saturated rings. The highest BCUT2D eigenvalue weighted by Crippen LogP contribution is 2.33. The zero-order valence-electron chi connectivity index (χ0n) is 13.4. The second kappa shape index (κ2) is 6.78. The number of allylic oxidation sites excluding steroid dienone is 1. The van der Waals surface area contributed by atoms with E-state index in [0.717, 1.165) is 45.1 Å². The molecule has 3 aliphatic rings. The first-order chi connectivity index (χ1) is 10.2. The van der Waals surface area contributed by atoms with Crippen LogP contribution in [-0.4, -0.2) is 44.8 Å². The molecule has 4 nitrogen and oxygen atoms in total. The Morgan fingerprint density at radius 2 is 2.10 bits per heavy atom. The maximum atomic E-state index is 6.15. The first kappa shape index (κ1) is 15.5. The molecule has 3 rings (SSSR count). The van der Waals surface area contributed by atoms with Crippen LogP contribution in [0.3, 0.4) is 0 Å². The zero-order chi connectivity index (χ0) is 14.7. The molecule has 2 heterocycles. The topological polar surface area (TPSA) is 39.7 Å². The van der Waals surface area contributed by atoms with Gasteiger partial charge in [0.1, 0.15) is 0 Å². The lowest BCUT2D eigenvalue weighted by molar-refractivity contribution is -0.210. The van der Waals surface area contributed by atoms with E-state index in [1.807, 2.05) is 0 Å². The molecule has 21 heavy (non-hydrogen) atoms.